The summed E-state index contributed by atoms with van der Waals surface area (Å²) in [6.45, 7) is 0.0544. The molecule has 2 aromatic carbocycles. The van der Waals surface area contributed by atoms with Crippen LogP contribution in [0.5, 0.6) is 11.5 Å². The van der Waals surface area contributed by atoms with E-state index in [1.807, 2.05) is 0 Å². The van der Waals surface area contributed by atoms with Crippen molar-refractivity contribution in [3.05, 3.63) is 41.7 Å². The number of hydrogen-bond donors (Lipinski definition) is 4. The maximum Gasteiger partial charge on any atom is 0.231 e. The first kappa shape index (κ1) is 13.0. The third-order valence-electron chi connectivity index (χ3n) is 3.10. The normalized spacial score (nSPS) is 12.2. The predicted molar refractivity (Wildman–Crippen MR) is 77.7 cm³/mol. The minimum absolute atomic E-state index is 0.0544. The Labute approximate surface area is 120 Å². The van der Waals surface area contributed by atoms with Crippen LogP contribution in [0.25, 0.3) is 0 Å². The van der Waals surface area contributed by atoms with Gasteiger partial charge >= 0.3 is 0 Å². The van der Waals surface area contributed by atoms with Gasteiger partial charge in [-0.25, -0.2) is 4.39 Å². The summed E-state index contributed by atoms with van der Waals surface area (Å²) in [6.07, 6.45) is 0. The van der Waals surface area contributed by atoms with Crippen molar-refractivity contribution in [2.24, 2.45) is 5.73 Å². The summed E-state index contributed by atoms with van der Waals surface area (Å²) in [5.74, 6) is 0.215. The molecule has 0 saturated heterocycles. The molecule has 0 saturated carbocycles. The van der Waals surface area contributed by atoms with E-state index in [2.05, 4.69) is 5.32 Å². The Kier molecular flexibility index (Phi) is 3.02. The Balaban J connectivity index is 1.96. The van der Waals surface area contributed by atoms with Gasteiger partial charge in [-0.3, -0.25) is 5.41 Å². The van der Waals surface area contributed by atoms with Gasteiger partial charge in [-0.2, -0.15) is 0 Å². The van der Waals surface area contributed by atoms with E-state index in [-0.39, 0.29) is 18.3 Å². The highest BCUT2D eigenvalue weighted by molar-refractivity contribution is 6.00. The molecule has 1 aliphatic heterocycles. The number of nitrogens with one attached hydrogen (secondary N) is 2. The molecule has 3 rings (SSSR count). The highest BCUT2D eigenvalue weighted by Gasteiger charge is 2.21. The molecule has 0 fully saturated rings. The van der Waals surface area contributed by atoms with Crippen molar-refractivity contribution < 1.29 is 13.9 Å². The number of benzene rings is 2. The van der Waals surface area contributed by atoms with E-state index in [9.17, 15) is 4.39 Å². The molecule has 0 amide bonds. The molecule has 0 spiro atoms. The van der Waals surface area contributed by atoms with Gasteiger partial charge in [-0.1, -0.05) is 0 Å². The zero-order chi connectivity index (χ0) is 15.0. The van der Waals surface area contributed by atoms with E-state index in [1.54, 1.807) is 18.2 Å². The lowest BCUT2D eigenvalue weighted by atomic mass is 10.1. The average molecular weight is 288 g/mol. The number of amidine groups is 1. The van der Waals surface area contributed by atoms with Crippen molar-refractivity contribution in [2.75, 3.05) is 17.8 Å². The second kappa shape index (κ2) is 4.86. The number of halogens is 1. The Bertz CT molecular complexity index is 733. The van der Waals surface area contributed by atoms with E-state index < -0.39 is 5.82 Å². The quantitative estimate of drug-likeness (QED) is 0.393. The average Bonchev–Trinajstić information content (AvgIpc) is 2.90. The highest BCUT2D eigenvalue weighted by Crippen LogP contribution is 2.42. The van der Waals surface area contributed by atoms with Crippen molar-refractivity contribution in [1.82, 2.24) is 0 Å². The van der Waals surface area contributed by atoms with Crippen LogP contribution in [0.4, 0.5) is 21.5 Å². The molecule has 0 unspecified atom stereocenters. The SMILES string of the molecule is N=C(N)c1ccc(Nc2c(F)ccc3c2OCO3)cc1N. The lowest BCUT2D eigenvalue weighted by Crippen LogP contribution is -2.13. The van der Waals surface area contributed by atoms with Crippen molar-refractivity contribution >= 4 is 22.9 Å². The maximum absolute atomic E-state index is 14.0. The summed E-state index contributed by atoms with van der Waals surface area (Å²) in [5, 5.41) is 10.3. The van der Waals surface area contributed by atoms with Crippen LogP contribution in [0.2, 0.25) is 0 Å². The van der Waals surface area contributed by atoms with Crippen LogP contribution < -0.4 is 26.3 Å². The summed E-state index contributed by atoms with van der Waals surface area (Å²) in [4.78, 5) is 0. The first-order valence-corrected chi connectivity index (χ1v) is 6.15. The summed E-state index contributed by atoms with van der Waals surface area (Å²) in [6, 6.07) is 7.63. The number of hydrogen-bond acceptors (Lipinski definition) is 5. The molecular formula is C14H13FN4O2. The van der Waals surface area contributed by atoms with Crippen LogP contribution in [0.1, 0.15) is 5.56 Å². The molecule has 0 atom stereocenters. The van der Waals surface area contributed by atoms with Crippen molar-refractivity contribution in [3.8, 4) is 11.5 Å². The van der Waals surface area contributed by atoms with Gasteiger partial charge in [0.2, 0.25) is 6.79 Å². The van der Waals surface area contributed by atoms with E-state index in [0.29, 0.717) is 28.4 Å². The molecule has 1 aliphatic rings. The molecule has 0 aromatic heterocycles. The van der Waals surface area contributed by atoms with Gasteiger partial charge in [0.05, 0.1) is 0 Å². The van der Waals surface area contributed by atoms with Gasteiger partial charge in [0.25, 0.3) is 0 Å². The largest absolute Gasteiger partial charge is 0.454 e. The van der Waals surface area contributed by atoms with E-state index in [0.717, 1.165) is 0 Å². The van der Waals surface area contributed by atoms with Crippen LogP contribution in [-0.2, 0) is 0 Å². The summed E-state index contributed by atoms with van der Waals surface area (Å²) in [7, 11) is 0. The fourth-order valence-corrected chi connectivity index (χ4v) is 2.09. The van der Waals surface area contributed by atoms with Gasteiger partial charge in [-0.15, -0.1) is 0 Å². The molecule has 21 heavy (non-hydrogen) atoms. The minimum Gasteiger partial charge on any atom is -0.454 e. The summed E-state index contributed by atoms with van der Waals surface area (Å²) >= 11 is 0. The van der Waals surface area contributed by atoms with Crippen molar-refractivity contribution in [3.63, 3.8) is 0 Å². The van der Waals surface area contributed by atoms with Gasteiger partial charge < -0.3 is 26.3 Å². The fourth-order valence-electron chi connectivity index (χ4n) is 2.09. The molecule has 6 nitrogen and oxygen atoms in total. The third kappa shape index (κ3) is 2.29. The van der Waals surface area contributed by atoms with Crippen LogP contribution in [0, 0.1) is 11.2 Å². The summed E-state index contributed by atoms with van der Waals surface area (Å²) < 4.78 is 24.4. The van der Waals surface area contributed by atoms with Gasteiger partial charge in [0, 0.05) is 16.9 Å². The number of anilines is 3. The minimum atomic E-state index is -0.464. The monoisotopic (exact) mass is 288 g/mol. The lowest BCUT2D eigenvalue weighted by molar-refractivity contribution is 0.174. The van der Waals surface area contributed by atoms with Crippen molar-refractivity contribution in [2.45, 2.75) is 0 Å². The molecule has 0 radical (unpaired) electrons. The van der Waals surface area contributed by atoms with Crippen LogP contribution in [0.3, 0.4) is 0 Å². The Morgan fingerprint density at radius 3 is 2.76 bits per heavy atom. The summed E-state index contributed by atoms with van der Waals surface area (Å²) in [5.41, 5.74) is 12.7. The standard InChI is InChI=1S/C14H13FN4O2/c15-9-3-4-11-13(21-6-20-11)12(9)19-7-1-2-8(14(17)18)10(16)5-7/h1-5,19H,6,16H2,(H3,17,18). The maximum atomic E-state index is 14.0. The second-order valence-electron chi connectivity index (χ2n) is 4.50. The Morgan fingerprint density at radius 2 is 2.05 bits per heavy atom. The first-order chi connectivity index (χ1) is 10.1. The second-order valence-corrected chi connectivity index (χ2v) is 4.50. The third-order valence-corrected chi connectivity index (χ3v) is 3.10. The molecule has 1 heterocycles. The zero-order valence-corrected chi connectivity index (χ0v) is 10.9. The van der Waals surface area contributed by atoms with Crippen LogP contribution in [-0.4, -0.2) is 12.6 Å². The number of rotatable bonds is 3. The van der Waals surface area contributed by atoms with Gasteiger partial charge in [0.1, 0.15) is 11.5 Å². The molecule has 7 heteroatoms. The van der Waals surface area contributed by atoms with E-state index in [1.165, 1.54) is 12.1 Å². The number of nitrogen functional groups attached to an aromatic ring is 2. The van der Waals surface area contributed by atoms with Crippen molar-refractivity contribution in [1.29, 1.82) is 5.41 Å². The number of nitrogens with two attached hydrogens (primary N) is 2. The molecule has 0 aliphatic carbocycles. The number of fused-ring (bicyclic) bond motifs is 1. The van der Waals surface area contributed by atoms with Gasteiger partial charge in [-0.05, 0) is 30.3 Å². The Morgan fingerprint density at radius 1 is 1.24 bits per heavy atom. The van der Waals surface area contributed by atoms with E-state index >= 15 is 0 Å². The molecule has 6 N–H and O–H groups in total. The molecule has 108 valence electrons. The lowest BCUT2D eigenvalue weighted by Gasteiger charge is -2.12. The zero-order valence-electron chi connectivity index (χ0n) is 10.9. The van der Waals surface area contributed by atoms with Crippen LogP contribution in [0.15, 0.2) is 30.3 Å². The predicted octanol–water partition coefficient (Wildman–Crippen LogP) is 2.16. The van der Waals surface area contributed by atoms with Crippen LogP contribution >= 0.6 is 0 Å². The topological polar surface area (TPSA) is 106 Å². The fraction of sp³-hybridized carbons (Fsp3) is 0.0714. The molecular weight excluding hydrogens is 275 g/mol. The molecule has 0 bridgehead atoms. The number of ether oxygens (including phenoxy) is 2. The van der Waals surface area contributed by atoms with E-state index in [4.69, 9.17) is 26.4 Å². The smallest absolute Gasteiger partial charge is 0.231 e. The molecule has 2 aromatic rings. The Hall–Kier alpha value is -2.96. The first-order valence-electron chi connectivity index (χ1n) is 6.15. The highest BCUT2D eigenvalue weighted by atomic mass is 19.1. The van der Waals surface area contributed by atoms with Gasteiger partial charge in [0.15, 0.2) is 17.3 Å².